The van der Waals surface area contributed by atoms with Crippen molar-refractivity contribution in [3.63, 3.8) is 0 Å². The number of rotatable bonds is 5. The quantitative estimate of drug-likeness (QED) is 0.710. The number of hydrogen-bond acceptors (Lipinski definition) is 5. The van der Waals surface area contributed by atoms with E-state index >= 15 is 0 Å². The van der Waals surface area contributed by atoms with Crippen LogP contribution in [0.4, 0.5) is 5.69 Å². The van der Waals surface area contributed by atoms with Gasteiger partial charge in [-0.2, -0.15) is 4.98 Å². The smallest absolute Gasteiger partial charge is 0.227 e. The van der Waals surface area contributed by atoms with Gasteiger partial charge in [0, 0.05) is 17.9 Å². The van der Waals surface area contributed by atoms with Crippen LogP contribution in [-0.4, -0.2) is 16.0 Å². The van der Waals surface area contributed by atoms with Gasteiger partial charge < -0.3 is 9.84 Å². The van der Waals surface area contributed by atoms with Crippen LogP contribution in [0.5, 0.6) is 0 Å². The Balaban J connectivity index is 1.57. The summed E-state index contributed by atoms with van der Waals surface area (Å²) in [5, 5.41) is 9.47. The first-order valence-corrected chi connectivity index (χ1v) is 8.37. The summed E-state index contributed by atoms with van der Waals surface area (Å²) in [6.07, 6.45) is 0.570. The van der Waals surface area contributed by atoms with Crippen molar-refractivity contribution < 1.29 is 9.32 Å². The van der Waals surface area contributed by atoms with E-state index in [9.17, 15) is 4.79 Å². The van der Waals surface area contributed by atoms with Gasteiger partial charge in [0.1, 0.15) is 0 Å². The van der Waals surface area contributed by atoms with Gasteiger partial charge in [-0.3, -0.25) is 4.79 Å². The Bertz CT molecular complexity index is 818. The predicted octanol–water partition coefficient (Wildman–Crippen LogP) is 4.68. The molecule has 1 N–H and O–H groups in total. The van der Waals surface area contributed by atoms with Gasteiger partial charge in [0.2, 0.25) is 17.6 Å². The van der Waals surface area contributed by atoms with E-state index in [1.807, 2.05) is 17.5 Å². The molecule has 1 aromatic carbocycles. The number of aryl methyl sites for hydroxylation is 1. The number of thiophene rings is 1. The van der Waals surface area contributed by atoms with Gasteiger partial charge in [-0.15, -0.1) is 11.3 Å². The van der Waals surface area contributed by atoms with Crippen LogP contribution >= 0.6 is 34.5 Å². The molecule has 0 aliphatic rings. The summed E-state index contributed by atoms with van der Waals surface area (Å²) in [5.41, 5.74) is 0.519. The zero-order chi connectivity index (χ0) is 16.2. The lowest BCUT2D eigenvalue weighted by Gasteiger charge is -2.06. The van der Waals surface area contributed by atoms with Crippen molar-refractivity contribution in [3.8, 4) is 10.7 Å². The SMILES string of the molecule is O=C(CCc1nc(-c2cccs2)no1)Nc1ccc(Cl)cc1Cl. The molecule has 118 valence electrons. The molecule has 8 heteroatoms. The van der Waals surface area contributed by atoms with E-state index < -0.39 is 0 Å². The van der Waals surface area contributed by atoms with Crippen molar-refractivity contribution >= 4 is 46.1 Å². The molecule has 1 amide bonds. The molecule has 0 aliphatic carbocycles. The Hall–Kier alpha value is -1.89. The van der Waals surface area contributed by atoms with Gasteiger partial charge in [0.25, 0.3) is 0 Å². The van der Waals surface area contributed by atoms with E-state index in [1.54, 1.807) is 18.2 Å². The topological polar surface area (TPSA) is 68.0 Å². The van der Waals surface area contributed by atoms with Crippen molar-refractivity contribution in [3.05, 3.63) is 51.6 Å². The Kier molecular flexibility index (Phi) is 4.95. The number of halogens is 2. The fraction of sp³-hybridized carbons (Fsp3) is 0.133. The molecule has 2 heterocycles. The molecule has 0 radical (unpaired) electrons. The second kappa shape index (κ2) is 7.12. The number of carbonyl (C=O) groups is 1. The lowest BCUT2D eigenvalue weighted by Crippen LogP contribution is -2.12. The summed E-state index contributed by atoms with van der Waals surface area (Å²) in [4.78, 5) is 17.2. The molecule has 2 aromatic heterocycles. The summed E-state index contributed by atoms with van der Waals surface area (Å²) >= 11 is 13.4. The fourth-order valence-corrected chi connectivity index (χ4v) is 2.99. The van der Waals surface area contributed by atoms with E-state index in [1.165, 1.54) is 11.3 Å². The molecule has 0 fully saturated rings. The number of hydrogen-bond donors (Lipinski definition) is 1. The maximum Gasteiger partial charge on any atom is 0.227 e. The van der Waals surface area contributed by atoms with Crippen LogP contribution < -0.4 is 5.32 Å². The van der Waals surface area contributed by atoms with Gasteiger partial charge in [-0.05, 0) is 29.6 Å². The number of nitrogens with zero attached hydrogens (tertiary/aromatic N) is 2. The molecule has 3 aromatic rings. The molecule has 0 aliphatic heterocycles. The van der Waals surface area contributed by atoms with Crippen molar-refractivity contribution in [2.45, 2.75) is 12.8 Å². The van der Waals surface area contributed by atoms with Crippen LogP contribution in [0.25, 0.3) is 10.7 Å². The number of benzene rings is 1. The maximum atomic E-state index is 12.0. The summed E-state index contributed by atoms with van der Waals surface area (Å²) in [6.45, 7) is 0. The first-order chi connectivity index (χ1) is 11.1. The average molecular weight is 368 g/mol. The highest BCUT2D eigenvalue weighted by molar-refractivity contribution is 7.13. The largest absolute Gasteiger partial charge is 0.339 e. The summed E-state index contributed by atoms with van der Waals surface area (Å²) < 4.78 is 5.15. The number of aromatic nitrogens is 2. The van der Waals surface area contributed by atoms with Gasteiger partial charge in [-0.25, -0.2) is 0 Å². The summed E-state index contributed by atoms with van der Waals surface area (Å²) in [6, 6.07) is 8.72. The Morgan fingerprint density at radius 3 is 2.91 bits per heavy atom. The number of amides is 1. The molecule has 0 unspecified atom stereocenters. The maximum absolute atomic E-state index is 12.0. The molecule has 0 atom stereocenters. The Morgan fingerprint density at radius 2 is 2.17 bits per heavy atom. The zero-order valence-corrected chi connectivity index (χ0v) is 14.1. The van der Waals surface area contributed by atoms with Crippen molar-refractivity contribution in [1.82, 2.24) is 10.1 Å². The summed E-state index contributed by atoms with van der Waals surface area (Å²) in [5.74, 6) is 0.770. The van der Waals surface area contributed by atoms with Gasteiger partial charge >= 0.3 is 0 Å². The van der Waals surface area contributed by atoms with E-state index in [0.717, 1.165) is 4.88 Å². The standard InChI is InChI=1S/C15H11Cl2N3O2S/c16-9-3-4-11(10(17)8-9)18-13(21)5-6-14-19-15(20-22-14)12-2-1-7-23-12/h1-4,7-8H,5-6H2,(H,18,21). The lowest BCUT2D eigenvalue weighted by atomic mass is 10.2. The van der Waals surface area contributed by atoms with Crippen LogP contribution in [0.15, 0.2) is 40.2 Å². The molecule has 23 heavy (non-hydrogen) atoms. The molecule has 0 spiro atoms. The molecule has 5 nitrogen and oxygen atoms in total. The Labute approximate surface area is 146 Å². The lowest BCUT2D eigenvalue weighted by molar-refractivity contribution is -0.116. The fourth-order valence-electron chi connectivity index (χ4n) is 1.89. The summed E-state index contributed by atoms with van der Waals surface area (Å²) in [7, 11) is 0. The van der Waals surface area contributed by atoms with Crippen LogP contribution in [0.1, 0.15) is 12.3 Å². The van der Waals surface area contributed by atoms with Crippen LogP contribution in [0.2, 0.25) is 10.0 Å². The highest BCUT2D eigenvalue weighted by Gasteiger charge is 2.12. The Morgan fingerprint density at radius 1 is 1.30 bits per heavy atom. The highest BCUT2D eigenvalue weighted by Crippen LogP contribution is 2.25. The van der Waals surface area contributed by atoms with E-state index in [-0.39, 0.29) is 12.3 Å². The minimum absolute atomic E-state index is 0.190. The van der Waals surface area contributed by atoms with Gasteiger partial charge in [0.15, 0.2) is 0 Å². The third kappa shape index (κ3) is 4.10. The third-order valence-electron chi connectivity index (χ3n) is 2.98. The van der Waals surface area contributed by atoms with E-state index in [0.29, 0.717) is 33.9 Å². The van der Waals surface area contributed by atoms with E-state index in [2.05, 4.69) is 15.5 Å². The monoisotopic (exact) mass is 367 g/mol. The highest BCUT2D eigenvalue weighted by atomic mass is 35.5. The van der Waals surface area contributed by atoms with Crippen molar-refractivity contribution in [1.29, 1.82) is 0 Å². The zero-order valence-electron chi connectivity index (χ0n) is 11.8. The molecule has 0 bridgehead atoms. The number of carbonyl (C=O) groups excluding carboxylic acids is 1. The number of anilines is 1. The van der Waals surface area contributed by atoms with E-state index in [4.69, 9.17) is 27.7 Å². The first kappa shape index (κ1) is 16.0. The van der Waals surface area contributed by atoms with Gasteiger partial charge in [0.05, 0.1) is 15.6 Å². The molecule has 0 saturated heterocycles. The predicted molar refractivity (Wildman–Crippen MR) is 91.0 cm³/mol. The van der Waals surface area contributed by atoms with Gasteiger partial charge in [-0.1, -0.05) is 34.4 Å². The average Bonchev–Trinajstić information content (AvgIpc) is 3.18. The second-order valence-electron chi connectivity index (χ2n) is 4.66. The van der Waals surface area contributed by atoms with Crippen LogP contribution in [0.3, 0.4) is 0 Å². The van der Waals surface area contributed by atoms with Crippen molar-refractivity contribution in [2.24, 2.45) is 0 Å². The normalized spacial score (nSPS) is 10.7. The first-order valence-electron chi connectivity index (χ1n) is 6.73. The van der Waals surface area contributed by atoms with Crippen molar-refractivity contribution in [2.75, 3.05) is 5.32 Å². The molecule has 0 saturated carbocycles. The third-order valence-corrected chi connectivity index (χ3v) is 4.39. The minimum Gasteiger partial charge on any atom is -0.339 e. The molecule has 3 rings (SSSR count). The number of nitrogens with one attached hydrogen (secondary N) is 1. The second-order valence-corrected chi connectivity index (χ2v) is 6.45. The van der Waals surface area contributed by atoms with Crippen LogP contribution in [0, 0.1) is 0 Å². The molecular weight excluding hydrogens is 357 g/mol. The molecular formula is C15H11Cl2N3O2S. The van der Waals surface area contributed by atoms with Crippen LogP contribution in [-0.2, 0) is 11.2 Å². The minimum atomic E-state index is -0.190.